The Labute approximate surface area is 229 Å². The van der Waals surface area contributed by atoms with Crippen LogP contribution in [-0.4, -0.2) is 54.0 Å². The monoisotopic (exact) mass is 563 g/mol. The van der Waals surface area contributed by atoms with Crippen LogP contribution in [0.1, 0.15) is 47.1 Å². The molecule has 12 nitrogen and oxygen atoms in total. The summed E-state index contributed by atoms with van der Waals surface area (Å²) in [5.74, 6) is -2.29. The first kappa shape index (κ1) is 25.5. The molecule has 40 heavy (non-hydrogen) atoms. The number of fused-ring (bicyclic) bond motifs is 2. The molecule has 2 aliphatic heterocycles. The Hall–Kier alpha value is -4.78. The summed E-state index contributed by atoms with van der Waals surface area (Å²) in [5.41, 5.74) is 1.18. The lowest BCUT2D eigenvalue weighted by Gasteiger charge is -2.15. The van der Waals surface area contributed by atoms with E-state index in [0.717, 1.165) is 6.07 Å². The Morgan fingerprint density at radius 1 is 1.20 bits per heavy atom. The van der Waals surface area contributed by atoms with E-state index in [1.165, 1.54) is 27.7 Å². The molecule has 0 unspecified atom stereocenters. The fraction of sp³-hybridized carbons (Fsp3) is 0.231. The summed E-state index contributed by atoms with van der Waals surface area (Å²) < 4.78 is 23.0. The number of ether oxygens (including phenoxy) is 1. The fourth-order valence-corrected chi connectivity index (χ4v) is 5.17. The molecule has 0 aliphatic carbocycles. The Balaban J connectivity index is 1.26. The second kappa shape index (κ2) is 9.75. The van der Waals surface area contributed by atoms with Gasteiger partial charge in [0, 0.05) is 23.2 Å². The van der Waals surface area contributed by atoms with Crippen molar-refractivity contribution in [2.24, 2.45) is 0 Å². The van der Waals surface area contributed by atoms with Crippen molar-refractivity contribution in [2.45, 2.75) is 31.7 Å². The maximum atomic E-state index is 15.2. The number of benzene rings is 2. The molecule has 14 heteroatoms. The van der Waals surface area contributed by atoms with E-state index in [9.17, 15) is 19.2 Å². The summed E-state index contributed by atoms with van der Waals surface area (Å²) in [7, 11) is 0. The molecule has 0 bridgehead atoms. The molecule has 2 atom stereocenters. The zero-order valence-corrected chi connectivity index (χ0v) is 21.6. The van der Waals surface area contributed by atoms with Crippen molar-refractivity contribution in [1.29, 1.82) is 0 Å². The molecule has 0 fully saturated rings. The average Bonchev–Trinajstić information content (AvgIpc) is 3.67. The molecule has 0 spiro atoms. The van der Waals surface area contributed by atoms with Gasteiger partial charge in [0.1, 0.15) is 18.2 Å². The van der Waals surface area contributed by atoms with Gasteiger partial charge in [-0.2, -0.15) is 4.68 Å². The van der Waals surface area contributed by atoms with E-state index in [2.05, 4.69) is 25.8 Å². The highest BCUT2D eigenvalue weighted by atomic mass is 35.5. The van der Waals surface area contributed by atoms with Gasteiger partial charge >= 0.3 is 5.97 Å². The first-order chi connectivity index (χ1) is 19.2. The van der Waals surface area contributed by atoms with Gasteiger partial charge in [-0.05, 0) is 52.7 Å². The molecule has 0 radical (unpaired) electrons. The molecule has 0 saturated carbocycles. The minimum Gasteiger partial charge on any atom is -0.456 e. The summed E-state index contributed by atoms with van der Waals surface area (Å²) in [6, 6.07) is 7.69. The van der Waals surface area contributed by atoms with Crippen LogP contribution in [0.5, 0.6) is 0 Å². The normalized spacial score (nSPS) is 17.3. The van der Waals surface area contributed by atoms with Gasteiger partial charge in [-0.3, -0.25) is 19.0 Å². The highest BCUT2D eigenvalue weighted by Crippen LogP contribution is 2.37. The number of amides is 1. The van der Waals surface area contributed by atoms with Gasteiger partial charge in [0.2, 0.25) is 5.91 Å². The number of rotatable bonds is 6. The number of hydrogen-bond donors (Lipinski definition) is 1. The number of esters is 1. The summed E-state index contributed by atoms with van der Waals surface area (Å²) in [5, 5.41) is 13.4. The Morgan fingerprint density at radius 3 is 2.80 bits per heavy atom. The average molecular weight is 564 g/mol. The molecule has 2 aromatic heterocycles. The SMILES string of the molecule is C[C@H]1C[C@@H](C(=O)OCC(=O)c2ccc3c(c2)CC(=O)N3)n2c1nc(-c1c(-n3cnnn3)ccc(Cl)c1F)cc2=O. The van der Waals surface area contributed by atoms with Crippen LogP contribution in [0.3, 0.4) is 0 Å². The van der Waals surface area contributed by atoms with E-state index in [1.807, 2.05) is 0 Å². The smallest absolute Gasteiger partial charge is 0.329 e. The molecule has 2 aromatic carbocycles. The van der Waals surface area contributed by atoms with Crippen molar-refractivity contribution >= 4 is 34.9 Å². The number of aromatic nitrogens is 6. The second-order valence-electron chi connectivity index (χ2n) is 9.50. The van der Waals surface area contributed by atoms with Gasteiger partial charge in [-0.15, -0.1) is 5.10 Å². The van der Waals surface area contributed by atoms with Gasteiger partial charge in [0.15, 0.2) is 18.2 Å². The molecular formula is C26H19ClFN7O5. The van der Waals surface area contributed by atoms with Crippen molar-refractivity contribution in [2.75, 3.05) is 11.9 Å². The largest absolute Gasteiger partial charge is 0.456 e. The van der Waals surface area contributed by atoms with Crippen LogP contribution in [-0.2, 0) is 20.7 Å². The lowest BCUT2D eigenvalue weighted by molar-refractivity contribution is -0.146. The van der Waals surface area contributed by atoms with E-state index in [0.29, 0.717) is 16.8 Å². The van der Waals surface area contributed by atoms with E-state index in [-0.39, 0.29) is 52.5 Å². The quantitative estimate of drug-likeness (QED) is 0.276. The maximum Gasteiger partial charge on any atom is 0.329 e. The number of ketones is 1. The molecule has 4 heterocycles. The number of Topliss-reactive ketones (excluding diaryl/α,β-unsaturated/α-hetero) is 1. The Morgan fingerprint density at radius 2 is 2.02 bits per heavy atom. The predicted molar refractivity (Wildman–Crippen MR) is 138 cm³/mol. The molecule has 202 valence electrons. The minimum atomic E-state index is -1.02. The van der Waals surface area contributed by atoms with Gasteiger partial charge in [0.25, 0.3) is 5.56 Å². The summed E-state index contributed by atoms with van der Waals surface area (Å²) in [6.07, 6.45) is 1.63. The zero-order chi connectivity index (χ0) is 28.1. The fourth-order valence-electron chi connectivity index (χ4n) is 5.01. The number of tetrazole rings is 1. The third kappa shape index (κ3) is 4.33. The van der Waals surface area contributed by atoms with Gasteiger partial charge in [-0.25, -0.2) is 14.2 Å². The van der Waals surface area contributed by atoms with E-state index < -0.39 is 35.8 Å². The number of anilines is 1. The van der Waals surface area contributed by atoms with Crippen molar-refractivity contribution in [3.8, 4) is 16.9 Å². The number of halogens is 2. The van der Waals surface area contributed by atoms with Crippen LogP contribution < -0.4 is 10.9 Å². The number of carbonyl (C=O) groups is 3. The van der Waals surface area contributed by atoms with Crippen molar-refractivity contribution in [1.82, 2.24) is 29.8 Å². The van der Waals surface area contributed by atoms with Crippen LogP contribution in [0.4, 0.5) is 10.1 Å². The summed E-state index contributed by atoms with van der Waals surface area (Å²) in [6.45, 7) is 1.24. The van der Waals surface area contributed by atoms with E-state index >= 15 is 4.39 Å². The molecule has 1 N–H and O–H groups in total. The van der Waals surface area contributed by atoms with Crippen LogP contribution >= 0.6 is 11.6 Å². The van der Waals surface area contributed by atoms with E-state index in [4.69, 9.17) is 16.3 Å². The third-order valence-corrected chi connectivity index (χ3v) is 7.20. The number of carbonyl (C=O) groups excluding carboxylic acids is 3. The van der Waals surface area contributed by atoms with Crippen molar-refractivity contribution in [3.63, 3.8) is 0 Å². The Kier molecular flexibility index (Phi) is 6.22. The Bertz CT molecular complexity index is 1770. The molecule has 6 rings (SSSR count). The van der Waals surface area contributed by atoms with Crippen molar-refractivity contribution < 1.29 is 23.5 Å². The highest BCUT2D eigenvalue weighted by molar-refractivity contribution is 6.31. The summed E-state index contributed by atoms with van der Waals surface area (Å²) in [4.78, 5) is 55.1. The van der Waals surface area contributed by atoms with Crippen molar-refractivity contribution in [3.05, 3.63) is 80.9 Å². The van der Waals surface area contributed by atoms with Gasteiger partial charge in [-0.1, -0.05) is 18.5 Å². The summed E-state index contributed by atoms with van der Waals surface area (Å²) >= 11 is 6.03. The molecule has 0 saturated heterocycles. The molecule has 2 aliphatic rings. The maximum absolute atomic E-state index is 15.2. The molecule has 1 amide bonds. The van der Waals surface area contributed by atoms with Crippen LogP contribution in [0.2, 0.25) is 5.02 Å². The molecular weight excluding hydrogens is 545 g/mol. The van der Waals surface area contributed by atoms with Crippen LogP contribution in [0, 0.1) is 5.82 Å². The highest BCUT2D eigenvalue weighted by Gasteiger charge is 2.37. The zero-order valence-electron chi connectivity index (χ0n) is 20.8. The standard InChI is InChI=1S/C26H19ClFN7O5/c1-12-6-19(26(39)40-10-20(36)13-2-4-16-14(7-13)8-21(37)30-16)35-22(38)9-17(31-25(12)35)23-18(34-11-29-32-33-34)5-3-15(27)24(23)28/h2-5,7,9,11-12,19H,6,8,10H2,1H3,(H,30,37)/t12-,19-/m0/s1. The second-order valence-corrected chi connectivity index (χ2v) is 9.91. The first-order valence-electron chi connectivity index (χ1n) is 12.2. The number of nitrogens with one attached hydrogen (secondary N) is 1. The number of nitrogens with zero attached hydrogens (tertiary/aromatic N) is 6. The van der Waals surface area contributed by atoms with Gasteiger partial charge < -0.3 is 10.1 Å². The number of hydrogen-bond acceptors (Lipinski definition) is 9. The molecule has 4 aromatic rings. The third-order valence-electron chi connectivity index (χ3n) is 6.90. The predicted octanol–water partition coefficient (Wildman–Crippen LogP) is 2.65. The van der Waals surface area contributed by atoms with Gasteiger partial charge in [0.05, 0.1) is 28.4 Å². The minimum absolute atomic E-state index is 0.00220. The lowest BCUT2D eigenvalue weighted by Crippen LogP contribution is -2.30. The van der Waals surface area contributed by atoms with E-state index in [1.54, 1.807) is 25.1 Å². The topological polar surface area (TPSA) is 151 Å². The van der Waals surface area contributed by atoms with Crippen LogP contribution in [0.15, 0.2) is 47.5 Å². The lowest BCUT2D eigenvalue weighted by atomic mass is 10.1. The first-order valence-corrected chi connectivity index (χ1v) is 12.6. The van der Waals surface area contributed by atoms with Crippen LogP contribution in [0.25, 0.3) is 16.9 Å².